The van der Waals surface area contributed by atoms with Gasteiger partial charge in [0.25, 0.3) is 5.91 Å². The highest BCUT2D eigenvalue weighted by Crippen LogP contribution is 2.34. The van der Waals surface area contributed by atoms with Crippen LogP contribution in [0.15, 0.2) is 47.3 Å². The molecule has 0 unspecified atom stereocenters. The number of anilines is 1. The number of hydrogen-bond acceptors (Lipinski definition) is 6. The number of rotatable bonds is 11. The summed E-state index contributed by atoms with van der Waals surface area (Å²) in [6.07, 6.45) is 4.34. The zero-order valence-electron chi connectivity index (χ0n) is 25.6. The smallest absolute Gasteiger partial charge is 0.251 e. The first-order chi connectivity index (χ1) is 20.1. The summed E-state index contributed by atoms with van der Waals surface area (Å²) >= 11 is 6.58. The van der Waals surface area contributed by atoms with Crippen molar-refractivity contribution in [2.75, 3.05) is 32.7 Å². The summed E-state index contributed by atoms with van der Waals surface area (Å²) < 4.78 is 10.6. The number of halogens is 1. The number of carbonyl (C=O) groups excluding carboxylic acids is 1. The molecule has 0 saturated heterocycles. The number of methoxy groups -OCH3 is 2. The minimum absolute atomic E-state index is 0.0461. The number of benzene rings is 2. The van der Waals surface area contributed by atoms with Crippen LogP contribution >= 0.6 is 11.6 Å². The molecule has 0 bridgehead atoms. The topological polar surface area (TPSA) is 86.9 Å². The van der Waals surface area contributed by atoms with Gasteiger partial charge in [-0.05, 0) is 88.9 Å². The lowest BCUT2D eigenvalue weighted by Crippen LogP contribution is -2.43. The molecule has 42 heavy (non-hydrogen) atoms. The number of carbonyl (C=O) groups is 1. The van der Waals surface area contributed by atoms with E-state index >= 15 is 0 Å². The van der Waals surface area contributed by atoms with E-state index < -0.39 is 0 Å². The van der Waals surface area contributed by atoms with Crippen LogP contribution in [-0.2, 0) is 13.1 Å². The van der Waals surface area contributed by atoms with Gasteiger partial charge in [0.15, 0.2) is 11.3 Å². The number of nitrogens with zero attached hydrogens (tertiary/aromatic N) is 2. The fourth-order valence-electron chi connectivity index (χ4n) is 6.07. The van der Waals surface area contributed by atoms with Crippen molar-refractivity contribution in [1.29, 1.82) is 0 Å². The number of H-pyrrole nitrogens is 1. The second kappa shape index (κ2) is 14.1. The Balaban J connectivity index is 1.43. The first-order valence-corrected chi connectivity index (χ1v) is 15.0. The molecule has 1 fully saturated rings. The molecule has 1 aliphatic rings. The molecule has 9 heteroatoms. The fourth-order valence-corrected chi connectivity index (χ4v) is 6.29. The van der Waals surface area contributed by atoms with Gasteiger partial charge in [-0.2, -0.15) is 0 Å². The summed E-state index contributed by atoms with van der Waals surface area (Å²) in [6.45, 7) is 7.67. The molecular formula is C33H43ClN4O4. The summed E-state index contributed by atoms with van der Waals surface area (Å²) in [5.74, 6) is 0.949. The Hall–Kier alpha value is -3.49. The second-order valence-electron chi connectivity index (χ2n) is 11.1. The number of aromatic amines is 1. The first kappa shape index (κ1) is 31.4. The van der Waals surface area contributed by atoms with Gasteiger partial charge in [-0.15, -0.1) is 0 Å². The summed E-state index contributed by atoms with van der Waals surface area (Å²) in [5.41, 5.74) is 4.53. The van der Waals surface area contributed by atoms with E-state index in [4.69, 9.17) is 21.1 Å². The van der Waals surface area contributed by atoms with Gasteiger partial charge in [0.1, 0.15) is 5.75 Å². The lowest BCUT2D eigenvalue weighted by Gasteiger charge is -2.41. The Bertz CT molecular complexity index is 1430. The summed E-state index contributed by atoms with van der Waals surface area (Å²) in [4.78, 5) is 33.8. The molecule has 8 nitrogen and oxygen atoms in total. The molecule has 3 aromatic rings. The zero-order valence-corrected chi connectivity index (χ0v) is 26.3. The van der Waals surface area contributed by atoms with Crippen molar-refractivity contribution in [3.05, 3.63) is 85.7 Å². The summed E-state index contributed by atoms with van der Waals surface area (Å²) in [5, 5.41) is 3.41. The van der Waals surface area contributed by atoms with E-state index in [2.05, 4.69) is 46.2 Å². The van der Waals surface area contributed by atoms with Crippen LogP contribution < -0.4 is 25.1 Å². The highest BCUT2D eigenvalue weighted by Gasteiger charge is 2.29. The Kier molecular flexibility index (Phi) is 10.6. The van der Waals surface area contributed by atoms with Crippen LogP contribution in [0, 0.1) is 13.8 Å². The normalized spacial score (nSPS) is 16.8. The fraction of sp³-hybridized carbons (Fsp3) is 0.455. The van der Waals surface area contributed by atoms with Crippen molar-refractivity contribution in [3.63, 3.8) is 0 Å². The van der Waals surface area contributed by atoms with E-state index in [9.17, 15) is 9.59 Å². The molecule has 1 saturated carbocycles. The number of aryl methyl sites for hydroxylation is 1. The van der Waals surface area contributed by atoms with Crippen molar-refractivity contribution >= 4 is 23.2 Å². The number of hydrogen-bond donors (Lipinski definition) is 2. The number of ether oxygens (including phenoxy) is 2. The number of aromatic nitrogens is 1. The zero-order chi connectivity index (χ0) is 30.4. The van der Waals surface area contributed by atoms with Gasteiger partial charge in [0.05, 0.1) is 26.3 Å². The number of amides is 1. The van der Waals surface area contributed by atoms with E-state index in [0.29, 0.717) is 39.8 Å². The minimum atomic E-state index is -0.279. The van der Waals surface area contributed by atoms with E-state index in [1.807, 2.05) is 25.1 Å². The van der Waals surface area contributed by atoms with Gasteiger partial charge < -0.3 is 24.7 Å². The maximum absolute atomic E-state index is 13.4. The summed E-state index contributed by atoms with van der Waals surface area (Å²) in [6, 6.07) is 14.3. The third-order valence-electron chi connectivity index (χ3n) is 8.42. The van der Waals surface area contributed by atoms with E-state index in [0.717, 1.165) is 55.8 Å². The molecule has 2 N–H and O–H groups in total. The van der Waals surface area contributed by atoms with Crippen molar-refractivity contribution in [3.8, 4) is 11.6 Å². The molecule has 2 aromatic carbocycles. The Morgan fingerprint density at radius 2 is 1.69 bits per heavy atom. The van der Waals surface area contributed by atoms with Crippen LogP contribution in [0.2, 0.25) is 5.02 Å². The van der Waals surface area contributed by atoms with E-state index in [-0.39, 0.29) is 17.9 Å². The third-order valence-corrected chi connectivity index (χ3v) is 8.64. The van der Waals surface area contributed by atoms with Crippen molar-refractivity contribution in [2.45, 2.75) is 71.6 Å². The Morgan fingerprint density at radius 3 is 2.31 bits per heavy atom. The quantitative estimate of drug-likeness (QED) is 0.289. The van der Waals surface area contributed by atoms with Crippen LogP contribution in [0.1, 0.15) is 65.3 Å². The van der Waals surface area contributed by atoms with Crippen LogP contribution in [0.3, 0.4) is 0 Å². The molecule has 0 aliphatic heterocycles. The molecule has 1 aliphatic carbocycles. The first-order valence-electron chi connectivity index (χ1n) is 14.6. The van der Waals surface area contributed by atoms with Crippen LogP contribution in [0.5, 0.6) is 11.6 Å². The van der Waals surface area contributed by atoms with Crippen LogP contribution in [-0.4, -0.2) is 55.7 Å². The molecular weight excluding hydrogens is 552 g/mol. The van der Waals surface area contributed by atoms with Gasteiger partial charge in [-0.25, -0.2) is 0 Å². The van der Waals surface area contributed by atoms with Crippen molar-refractivity contribution in [2.24, 2.45) is 0 Å². The molecule has 1 heterocycles. The summed E-state index contributed by atoms with van der Waals surface area (Å²) in [7, 11) is 5.39. The highest BCUT2D eigenvalue weighted by molar-refractivity contribution is 6.31. The number of nitrogens with one attached hydrogen (secondary N) is 2. The molecule has 1 aromatic heterocycles. The number of pyridine rings is 1. The van der Waals surface area contributed by atoms with Gasteiger partial charge in [0.2, 0.25) is 0 Å². The molecule has 226 valence electrons. The van der Waals surface area contributed by atoms with Gasteiger partial charge in [0, 0.05) is 53.2 Å². The van der Waals surface area contributed by atoms with Gasteiger partial charge in [-0.3, -0.25) is 14.5 Å². The van der Waals surface area contributed by atoms with Gasteiger partial charge in [-0.1, -0.05) is 23.7 Å². The average Bonchev–Trinajstić information content (AvgIpc) is 2.98. The lowest BCUT2D eigenvalue weighted by molar-refractivity contribution is 0.0950. The lowest BCUT2D eigenvalue weighted by atomic mass is 9.88. The van der Waals surface area contributed by atoms with Crippen molar-refractivity contribution < 1.29 is 14.3 Å². The Labute approximate surface area is 254 Å². The third kappa shape index (κ3) is 7.28. The maximum Gasteiger partial charge on any atom is 0.251 e. The largest absolute Gasteiger partial charge is 0.497 e. The van der Waals surface area contributed by atoms with E-state index in [1.165, 1.54) is 18.7 Å². The molecule has 0 atom stereocenters. The predicted octanol–water partition coefficient (Wildman–Crippen LogP) is 5.86. The van der Waals surface area contributed by atoms with Gasteiger partial charge >= 0.3 is 0 Å². The maximum atomic E-state index is 13.4. The van der Waals surface area contributed by atoms with E-state index in [1.54, 1.807) is 20.1 Å². The predicted molar refractivity (Wildman–Crippen MR) is 169 cm³/mol. The average molecular weight is 595 g/mol. The molecule has 0 radical (unpaired) electrons. The molecule has 1 amide bonds. The van der Waals surface area contributed by atoms with Crippen molar-refractivity contribution in [1.82, 2.24) is 15.2 Å². The second-order valence-corrected chi connectivity index (χ2v) is 11.6. The Morgan fingerprint density at radius 1 is 1.02 bits per heavy atom. The molecule has 0 spiro atoms. The molecule has 4 rings (SSSR count). The monoisotopic (exact) mass is 594 g/mol. The SMILES string of the molecule is CCN(c1cc(Cl)cc(C(=O)NCc2c(OC)[nH]c(C)cc2=O)c1C)[C@H]1CC[C@H](N(C)Cc2ccc(OC)cc2)CC1. The van der Waals surface area contributed by atoms with Crippen LogP contribution in [0.25, 0.3) is 0 Å². The van der Waals surface area contributed by atoms with Crippen LogP contribution in [0.4, 0.5) is 5.69 Å². The standard InChI is InChI=1S/C33H43ClN4O4/c1-7-38(26-12-10-25(11-13-26)37(4)20-23-8-14-27(41-5)15-9-23)30-18-24(34)17-28(22(30)3)32(40)35-19-29-31(39)16-21(2)36-33(29)42-6/h8-9,14-18,25-26H,7,10-13,19-20H2,1-6H3,(H,35,40)(H,36,39)/t25-,26-. The minimum Gasteiger partial charge on any atom is -0.497 e. The highest BCUT2D eigenvalue weighted by atomic mass is 35.5.